The summed E-state index contributed by atoms with van der Waals surface area (Å²) in [6.45, 7) is 0. The monoisotopic (exact) mass is 550 g/mol. The molecule has 2 heterocycles. The second kappa shape index (κ2) is 6.92. The van der Waals surface area contributed by atoms with Gasteiger partial charge in [-0.2, -0.15) is 0 Å². The van der Waals surface area contributed by atoms with Crippen LogP contribution in [0.25, 0.3) is 17.2 Å². The molecule has 133 valence electrons. The van der Waals surface area contributed by atoms with E-state index in [4.69, 9.17) is 0 Å². The number of benzene rings is 2. The molecule has 0 N–H and O–H groups in total. The summed E-state index contributed by atoms with van der Waals surface area (Å²) in [6.07, 6.45) is 3.57. The largest absolute Gasteiger partial charge is 1.00 e. The average Bonchev–Trinajstić information content (AvgIpc) is 3.12. The summed E-state index contributed by atoms with van der Waals surface area (Å²) in [6, 6.07) is 13.9. The average molecular weight is 553 g/mol. The quantitative estimate of drug-likeness (QED) is 0.462. The third-order valence-electron chi connectivity index (χ3n) is 5.64. The van der Waals surface area contributed by atoms with Gasteiger partial charge in [0.05, 0.1) is 0 Å². The maximum atomic E-state index is 3.62. The first-order chi connectivity index (χ1) is 12.1. The van der Waals surface area contributed by atoms with Crippen LogP contribution in [-0.4, -0.2) is 7.05 Å². The Hall–Kier alpha value is -0.247. The van der Waals surface area contributed by atoms with Gasteiger partial charge in [-0.3, -0.25) is 0 Å². The first-order valence-corrected chi connectivity index (χ1v) is 11.2. The van der Waals surface area contributed by atoms with Gasteiger partial charge < -0.3 is 24.8 Å². The van der Waals surface area contributed by atoms with Gasteiger partial charge >= 0.3 is 176 Å². The molecule has 4 aliphatic rings. The molecule has 0 saturated carbocycles. The van der Waals surface area contributed by atoms with Gasteiger partial charge in [-0.25, -0.2) is 0 Å². The fraction of sp³-hybridized carbons (Fsp3) is 0.143. The van der Waals surface area contributed by atoms with Gasteiger partial charge in [-0.1, -0.05) is 0 Å². The van der Waals surface area contributed by atoms with Crippen molar-refractivity contribution in [1.29, 1.82) is 0 Å². The molecule has 2 aliphatic heterocycles. The normalized spacial score (nSPS) is 20.5. The first-order valence-electron chi connectivity index (χ1n) is 8.37. The molecule has 27 heavy (non-hydrogen) atoms. The van der Waals surface area contributed by atoms with Crippen molar-refractivity contribution in [2.75, 3.05) is 11.9 Å². The van der Waals surface area contributed by atoms with Crippen molar-refractivity contribution >= 4 is 50.6 Å². The minimum absolute atomic E-state index is 0. The number of likely N-dealkylation sites (N-methyl/N-ethyl adjacent to an activating group) is 1. The van der Waals surface area contributed by atoms with Crippen molar-refractivity contribution in [3.8, 4) is 0 Å². The maximum Gasteiger partial charge on any atom is -1.00 e. The number of hydrogen-bond acceptors (Lipinski definition) is 2. The Morgan fingerprint density at radius 2 is 1.96 bits per heavy atom. The van der Waals surface area contributed by atoms with Crippen LogP contribution in [-0.2, 0) is 24.7 Å². The van der Waals surface area contributed by atoms with Crippen molar-refractivity contribution < 1.29 is 49.5 Å². The van der Waals surface area contributed by atoms with Crippen molar-refractivity contribution in [1.82, 2.24) is 0 Å². The first kappa shape index (κ1) is 20.0. The number of nitrogens with zero attached hydrogens (tertiary/aromatic N) is 1. The summed E-state index contributed by atoms with van der Waals surface area (Å²) in [5, 5.41) is 0. The van der Waals surface area contributed by atoms with Crippen molar-refractivity contribution in [2.24, 2.45) is 0 Å². The second-order valence-corrected chi connectivity index (χ2v) is 10.4. The number of rotatable bonds is 1. The SMILES string of the molecule is CN1c2cccc(C3=C4SC4=[C]([Zr+2])C3)c2C2=Cc3cc(Br)ccc3C21.[Cl-].[Cl-]. The van der Waals surface area contributed by atoms with Gasteiger partial charge in [0.25, 0.3) is 0 Å². The van der Waals surface area contributed by atoms with Gasteiger partial charge in [-0.05, 0) is 0 Å². The molecule has 1 fully saturated rings. The van der Waals surface area contributed by atoms with E-state index in [1.807, 2.05) is 11.8 Å². The van der Waals surface area contributed by atoms with Gasteiger partial charge in [0.1, 0.15) is 0 Å². The molecule has 2 aliphatic carbocycles. The molecule has 0 aromatic heterocycles. The van der Waals surface area contributed by atoms with Crippen LogP contribution >= 0.6 is 27.7 Å². The number of hydrogen-bond donors (Lipinski definition) is 0. The van der Waals surface area contributed by atoms with Gasteiger partial charge in [0.15, 0.2) is 0 Å². The van der Waals surface area contributed by atoms with E-state index < -0.39 is 0 Å². The van der Waals surface area contributed by atoms with E-state index in [-0.39, 0.29) is 24.8 Å². The number of anilines is 1. The number of fused-ring (bicyclic) bond motifs is 6. The van der Waals surface area contributed by atoms with Crippen LogP contribution in [0.2, 0.25) is 0 Å². The predicted molar refractivity (Wildman–Crippen MR) is 106 cm³/mol. The smallest absolute Gasteiger partial charge is 1.00 e. The fourth-order valence-electron chi connectivity index (χ4n) is 4.52. The molecule has 2 aromatic rings. The van der Waals surface area contributed by atoms with Gasteiger partial charge in [0.2, 0.25) is 0 Å². The summed E-state index contributed by atoms with van der Waals surface area (Å²) >= 11 is 7.19. The Balaban J connectivity index is 0.000000900. The van der Waals surface area contributed by atoms with Crippen LogP contribution in [0, 0.1) is 0 Å². The zero-order chi connectivity index (χ0) is 16.9. The fourth-order valence-corrected chi connectivity index (χ4v) is 7.14. The molecule has 6 rings (SSSR count). The van der Waals surface area contributed by atoms with Crippen LogP contribution < -0.4 is 29.7 Å². The van der Waals surface area contributed by atoms with Crippen LogP contribution in [0.5, 0.6) is 0 Å². The number of halogens is 3. The van der Waals surface area contributed by atoms with Crippen molar-refractivity contribution in [2.45, 2.75) is 12.5 Å². The summed E-state index contributed by atoms with van der Waals surface area (Å²) in [5.74, 6) is 0. The molecule has 1 saturated heterocycles. The minimum atomic E-state index is 0. The molecule has 0 spiro atoms. The number of thioether (sulfide) groups is 1. The standard InChI is InChI=1S/C21H13BrNS.2ClH.Zr/c1-23-17-4-2-3-14(15-7-8-18-21(15)24-18)19(17)16-10-11-9-12(22)5-6-13(11)20(16)23;;;/h2-6,9-10,20H,7H2,1H3;2*1H;/q;;;+2/p-2. The van der Waals surface area contributed by atoms with Crippen LogP contribution in [0.1, 0.15) is 34.7 Å². The van der Waals surface area contributed by atoms with E-state index in [1.165, 1.54) is 33.5 Å². The Morgan fingerprint density at radius 1 is 1.15 bits per heavy atom. The van der Waals surface area contributed by atoms with E-state index in [9.17, 15) is 0 Å². The third-order valence-corrected chi connectivity index (χ3v) is 8.74. The van der Waals surface area contributed by atoms with Crippen LogP contribution in [0.15, 0.2) is 54.0 Å². The van der Waals surface area contributed by atoms with Crippen molar-refractivity contribution in [3.05, 3.63) is 76.2 Å². The second-order valence-electron chi connectivity index (χ2n) is 6.98. The van der Waals surface area contributed by atoms with E-state index in [1.54, 1.807) is 43.4 Å². The van der Waals surface area contributed by atoms with Gasteiger partial charge in [-0.15, -0.1) is 0 Å². The molecular formula is C21H13BrCl2NSZr. The zero-order valence-electron chi connectivity index (χ0n) is 14.3. The van der Waals surface area contributed by atoms with E-state index in [2.05, 4.69) is 70.4 Å². The summed E-state index contributed by atoms with van der Waals surface area (Å²) < 4.78 is 2.79. The maximum absolute atomic E-state index is 3.62. The summed E-state index contributed by atoms with van der Waals surface area (Å²) in [5.41, 5.74) is 10.1. The predicted octanol–water partition coefficient (Wildman–Crippen LogP) is 0.122. The molecule has 0 amide bonds. The molecule has 1 unspecified atom stereocenters. The topological polar surface area (TPSA) is 3.24 Å². The van der Waals surface area contributed by atoms with Crippen molar-refractivity contribution in [3.63, 3.8) is 0 Å². The third kappa shape index (κ3) is 2.75. The minimum Gasteiger partial charge on any atom is -1.00 e. The molecule has 0 radical (unpaired) electrons. The zero-order valence-corrected chi connectivity index (χ0v) is 20.7. The number of allylic oxidation sites excluding steroid dienone is 2. The molecular weight excluding hydrogens is 540 g/mol. The Morgan fingerprint density at radius 3 is 2.67 bits per heavy atom. The molecule has 0 bridgehead atoms. The Bertz CT molecular complexity index is 1110. The Labute approximate surface area is 199 Å². The van der Waals surface area contributed by atoms with Crippen LogP contribution in [0.4, 0.5) is 5.69 Å². The van der Waals surface area contributed by atoms with Crippen LogP contribution in [0.3, 0.4) is 0 Å². The summed E-state index contributed by atoms with van der Waals surface area (Å²) in [4.78, 5) is 5.60. The molecule has 1 nitrogen and oxygen atoms in total. The summed E-state index contributed by atoms with van der Waals surface area (Å²) in [7, 11) is 2.24. The Kier molecular flexibility index (Phi) is 5.14. The van der Waals surface area contributed by atoms with E-state index >= 15 is 0 Å². The van der Waals surface area contributed by atoms with E-state index in [0.717, 1.165) is 10.9 Å². The van der Waals surface area contributed by atoms with E-state index in [0.29, 0.717) is 6.04 Å². The molecule has 6 heteroatoms. The molecule has 2 aromatic carbocycles. The molecule has 1 atom stereocenters. The van der Waals surface area contributed by atoms with Gasteiger partial charge in [0, 0.05) is 0 Å².